The number of nitrogens with zero attached hydrogens (tertiary/aromatic N) is 1. The van der Waals surface area contributed by atoms with Gasteiger partial charge in [0.1, 0.15) is 12.6 Å². The number of alkyl carbamates (subject to hydrolysis) is 1. The number of amides is 2. The van der Waals surface area contributed by atoms with Gasteiger partial charge in [-0.05, 0) is 18.8 Å². The van der Waals surface area contributed by atoms with Crippen molar-refractivity contribution in [3.05, 3.63) is 0 Å². The third-order valence-electron chi connectivity index (χ3n) is 3.60. The molecule has 0 aromatic carbocycles. The maximum Gasteiger partial charge on any atom is 0.407 e. The van der Waals surface area contributed by atoms with E-state index in [0.717, 1.165) is 6.54 Å². The van der Waals surface area contributed by atoms with Crippen LogP contribution in [0.2, 0.25) is 0 Å². The average Bonchev–Trinajstić information content (AvgIpc) is 2.76. The quantitative estimate of drug-likeness (QED) is 0.804. The lowest BCUT2D eigenvalue weighted by atomic mass is 9.89. The molecular formula is C12H20N2O3. The Bertz CT molecular complexity index is 300. The first-order valence-corrected chi connectivity index (χ1v) is 6.35. The van der Waals surface area contributed by atoms with Crippen molar-refractivity contribution in [1.82, 2.24) is 10.2 Å². The Morgan fingerprint density at radius 2 is 2.12 bits per heavy atom. The molecule has 1 unspecified atom stereocenters. The summed E-state index contributed by atoms with van der Waals surface area (Å²) >= 11 is 0. The van der Waals surface area contributed by atoms with E-state index in [1.54, 1.807) is 11.9 Å². The number of cyclic esters (lactones) is 1. The summed E-state index contributed by atoms with van der Waals surface area (Å²) in [6.07, 6.45) is 5.80. The van der Waals surface area contributed by atoms with Crippen LogP contribution in [-0.2, 0) is 9.53 Å². The van der Waals surface area contributed by atoms with Crippen LogP contribution in [0.15, 0.2) is 0 Å². The van der Waals surface area contributed by atoms with E-state index in [1.807, 2.05) is 0 Å². The van der Waals surface area contributed by atoms with Crippen LogP contribution < -0.4 is 5.32 Å². The molecule has 2 aliphatic rings. The molecule has 5 nitrogen and oxygen atoms in total. The van der Waals surface area contributed by atoms with Crippen molar-refractivity contribution >= 4 is 12.0 Å². The van der Waals surface area contributed by atoms with Crippen LogP contribution in [0.25, 0.3) is 0 Å². The zero-order chi connectivity index (χ0) is 12.3. The van der Waals surface area contributed by atoms with E-state index < -0.39 is 12.1 Å². The summed E-state index contributed by atoms with van der Waals surface area (Å²) in [7, 11) is 1.81. The number of ether oxygens (including phenoxy) is 1. The van der Waals surface area contributed by atoms with E-state index in [9.17, 15) is 9.59 Å². The van der Waals surface area contributed by atoms with E-state index in [2.05, 4.69) is 5.32 Å². The fraction of sp³-hybridized carbons (Fsp3) is 0.833. The molecule has 2 fully saturated rings. The van der Waals surface area contributed by atoms with Crippen LogP contribution in [0.1, 0.15) is 32.1 Å². The Kier molecular flexibility index (Phi) is 3.86. The number of likely N-dealkylation sites (N-methyl/N-ethyl adjacent to an activating group) is 1. The van der Waals surface area contributed by atoms with Gasteiger partial charge in [0, 0.05) is 13.6 Å². The molecule has 0 radical (unpaired) electrons. The molecule has 2 rings (SSSR count). The first kappa shape index (κ1) is 12.2. The van der Waals surface area contributed by atoms with Gasteiger partial charge in [-0.1, -0.05) is 19.3 Å². The van der Waals surface area contributed by atoms with Crippen molar-refractivity contribution in [3.63, 3.8) is 0 Å². The number of carbonyl (C=O) groups excluding carboxylic acids is 2. The SMILES string of the molecule is CN(CC1CCCCC1)C(=O)C1COC(=O)N1. The molecule has 0 spiro atoms. The molecule has 96 valence electrons. The summed E-state index contributed by atoms with van der Waals surface area (Å²) in [5.41, 5.74) is 0. The van der Waals surface area contributed by atoms with E-state index in [1.165, 1.54) is 32.1 Å². The van der Waals surface area contributed by atoms with Crippen molar-refractivity contribution in [2.75, 3.05) is 20.2 Å². The van der Waals surface area contributed by atoms with Crippen LogP contribution in [0.4, 0.5) is 4.79 Å². The maximum absolute atomic E-state index is 12.0. The second-order valence-electron chi connectivity index (χ2n) is 5.02. The molecule has 0 aromatic rings. The predicted octanol–water partition coefficient (Wildman–Crippen LogP) is 1.13. The van der Waals surface area contributed by atoms with Crippen LogP contribution in [0, 0.1) is 5.92 Å². The number of carbonyl (C=O) groups is 2. The Morgan fingerprint density at radius 1 is 1.41 bits per heavy atom. The predicted molar refractivity (Wildman–Crippen MR) is 62.5 cm³/mol. The topological polar surface area (TPSA) is 58.6 Å². The smallest absolute Gasteiger partial charge is 0.407 e. The molecule has 1 saturated carbocycles. The van der Waals surface area contributed by atoms with Gasteiger partial charge < -0.3 is 15.0 Å². The molecular weight excluding hydrogens is 220 g/mol. The van der Waals surface area contributed by atoms with Crippen molar-refractivity contribution < 1.29 is 14.3 Å². The third-order valence-corrected chi connectivity index (χ3v) is 3.60. The second-order valence-corrected chi connectivity index (χ2v) is 5.02. The van der Waals surface area contributed by atoms with Gasteiger partial charge in [-0.3, -0.25) is 4.79 Å². The molecule has 0 bridgehead atoms. The minimum atomic E-state index is -0.491. The Morgan fingerprint density at radius 3 is 2.71 bits per heavy atom. The zero-order valence-corrected chi connectivity index (χ0v) is 10.3. The fourth-order valence-electron chi connectivity index (χ4n) is 2.63. The van der Waals surface area contributed by atoms with Gasteiger partial charge in [0.15, 0.2) is 0 Å². The lowest BCUT2D eigenvalue weighted by Gasteiger charge is -2.28. The normalized spacial score (nSPS) is 25.2. The monoisotopic (exact) mass is 240 g/mol. The van der Waals surface area contributed by atoms with Crippen LogP contribution in [0.3, 0.4) is 0 Å². The van der Waals surface area contributed by atoms with E-state index in [4.69, 9.17) is 4.74 Å². The second kappa shape index (κ2) is 5.38. The first-order chi connectivity index (χ1) is 8.16. The largest absolute Gasteiger partial charge is 0.447 e. The number of hydrogen-bond acceptors (Lipinski definition) is 3. The van der Waals surface area contributed by atoms with Crippen LogP contribution in [-0.4, -0.2) is 43.1 Å². The van der Waals surface area contributed by atoms with Crippen molar-refractivity contribution in [1.29, 1.82) is 0 Å². The third kappa shape index (κ3) is 3.11. The number of rotatable bonds is 3. The molecule has 1 atom stereocenters. The summed E-state index contributed by atoms with van der Waals surface area (Å²) in [4.78, 5) is 24.6. The highest BCUT2D eigenvalue weighted by Crippen LogP contribution is 2.24. The standard InChI is InChI=1S/C12H20N2O3/c1-14(7-9-5-3-2-4-6-9)11(15)10-8-17-12(16)13-10/h9-10H,2-8H2,1H3,(H,13,16). The molecule has 1 N–H and O–H groups in total. The van der Waals surface area contributed by atoms with Gasteiger partial charge in [-0.25, -0.2) is 4.79 Å². The molecule has 1 saturated heterocycles. The number of nitrogens with one attached hydrogen (secondary N) is 1. The maximum atomic E-state index is 12.0. The average molecular weight is 240 g/mol. The zero-order valence-electron chi connectivity index (χ0n) is 10.3. The van der Waals surface area contributed by atoms with Gasteiger partial charge in [0.05, 0.1) is 0 Å². The minimum absolute atomic E-state index is 0.0403. The molecule has 1 aliphatic carbocycles. The lowest BCUT2D eigenvalue weighted by Crippen LogP contribution is -2.45. The van der Waals surface area contributed by atoms with Gasteiger partial charge in [-0.2, -0.15) is 0 Å². The van der Waals surface area contributed by atoms with E-state index in [-0.39, 0.29) is 12.5 Å². The Hall–Kier alpha value is -1.26. The lowest BCUT2D eigenvalue weighted by molar-refractivity contribution is -0.132. The van der Waals surface area contributed by atoms with Crippen LogP contribution >= 0.6 is 0 Å². The molecule has 2 amide bonds. The van der Waals surface area contributed by atoms with Crippen molar-refractivity contribution in [2.24, 2.45) is 5.92 Å². The molecule has 1 aliphatic heterocycles. The summed E-state index contributed by atoms with van der Waals surface area (Å²) in [5.74, 6) is 0.581. The summed E-state index contributed by atoms with van der Waals surface area (Å²) in [5, 5.41) is 2.52. The highest BCUT2D eigenvalue weighted by Gasteiger charge is 2.31. The highest BCUT2D eigenvalue weighted by atomic mass is 16.6. The van der Waals surface area contributed by atoms with Crippen LogP contribution in [0.5, 0.6) is 0 Å². The van der Waals surface area contributed by atoms with Gasteiger partial charge >= 0.3 is 6.09 Å². The summed E-state index contributed by atoms with van der Waals surface area (Å²) in [6.45, 7) is 0.956. The Balaban J connectivity index is 1.80. The Labute approximate surface area is 101 Å². The van der Waals surface area contributed by atoms with Gasteiger partial charge in [0.2, 0.25) is 5.91 Å². The van der Waals surface area contributed by atoms with E-state index >= 15 is 0 Å². The highest BCUT2D eigenvalue weighted by molar-refractivity contribution is 5.87. The fourth-order valence-corrected chi connectivity index (χ4v) is 2.63. The van der Waals surface area contributed by atoms with Crippen molar-refractivity contribution in [2.45, 2.75) is 38.1 Å². The molecule has 1 heterocycles. The molecule has 5 heteroatoms. The van der Waals surface area contributed by atoms with Gasteiger partial charge in [-0.15, -0.1) is 0 Å². The molecule has 0 aromatic heterocycles. The summed E-state index contributed by atoms with van der Waals surface area (Å²) in [6, 6.07) is -0.490. The van der Waals surface area contributed by atoms with Crippen molar-refractivity contribution in [3.8, 4) is 0 Å². The summed E-state index contributed by atoms with van der Waals surface area (Å²) < 4.78 is 4.73. The number of hydrogen-bond donors (Lipinski definition) is 1. The molecule has 17 heavy (non-hydrogen) atoms. The van der Waals surface area contributed by atoms with Gasteiger partial charge in [0.25, 0.3) is 0 Å². The first-order valence-electron chi connectivity index (χ1n) is 6.35. The van der Waals surface area contributed by atoms with E-state index in [0.29, 0.717) is 5.92 Å². The minimum Gasteiger partial charge on any atom is -0.447 e.